The zero-order chi connectivity index (χ0) is 25.8. The van der Waals surface area contributed by atoms with Gasteiger partial charge in [-0.3, -0.25) is 9.78 Å². The molecule has 6 nitrogen and oxygen atoms in total. The number of piperidine rings is 1. The van der Waals surface area contributed by atoms with Gasteiger partial charge in [0.2, 0.25) is 5.78 Å². The molecule has 3 heterocycles. The molecule has 37 heavy (non-hydrogen) atoms. The third-order valence-corrected chi connectivity index (χ3v) is 7.94. The number of anilines is 1. The Labute approximate surface area is 219 Å². The van der Waals surface area contributed by atoms with Crippen LogP contribution in [0.15, 0.2) is 65.9 Å². The number of benzene rings is 2. The van der Waals surface area contributed by atoms with Crippen molar-refractivity contribution in [3.05, 3.63) is 83.3 Å². The minimum Gasteiger partial charge on any atom is -0.378 e. The van der Waals surface area contributed by atoms with E-state index in [1.165, 1.54) is 5.56 Å². The summed E-state index contributed by atoms with van der Waals surface area (Å²) >= 11 is 0. The third kappa shape index (κ3) is 5.64. The lowest BCUT2D eigenvalue weighted by molar-refractivity contribution is -0.0321. The predicted molar refractivity (Wildman–Crippen MR) is 148 cm³/mol. The number of hydrogen-bond donors (Lipinski definition) is 0. The van der Waals surface area contributed by atoms with Crippen LogP contribution in [0.25, 0.3) is 0 Å². The Bertz CT molecular complexity index is 1280. The molecule has 0 saturated carbocycles. The zero-order valence-corrected chi connectivity index (χ0v) is 22.1. The van der Waals surface area contributed by atoms with Crippen LogP contribution < -0.4 is 4.90 Å². The number of aromatic nitrogens is 2. The number of aryl methyl sites for hydroxylation is 1. The van der Waals surface area contributed by atoms with E-state index in [2.05, 4.69) is 24.8 Å². The zero-order valence-electron chi connectivity index (χ0n) is 22.1. The standard InChI is InChI=1S/C31H36N4O2/c1-31(2,37-3)25-10-7-19-35(21-25)30-28(32-17-18-33-30)20-22-13-15-24(16-14-22)29(36)27-12-6-9-23-8-4-5-11-26(23)34-27/h4-5,8,11,13-18,25H,6-7,9-10,12,19-21H2,1-3H3. The van der Waals surface area contributed by atoms with Gasteiger partial charge >= 0.3 is 0 Å². The maximum atomic E-state index is 13.3. The van der Waals surface area contributed by atoms with Crippen molar-refractivity contribution in [3.8, 4) is 0 Å². The van der Waals surface area contributed by atoms with Gasteiger partial charge in [0.1, 0.15) is 0 Å². The minimum absolute atomic E-state index is 0.0172. The molecule has 192 valence electrons. The van der Waals surface area contributed by atoms with E-state index in [0.717, 1.165) is 61.5 Å². The monoisotopic (exact) mass is 496 g/mol. The van der Waals surface area contributed by atoms with Crippen molar-refractivity contribution in [1.82, 2.24) is 9.97 Å². The van der Waals surface area contributed by atoms with Gasteiger partial charge in [0, 0.05) is 50.5 Å². The molecule has 0 spiro atoms. The molecule has 1 aromatic heterocycles. The topological polar surface area (TPSA) is 67.7 Å². The van der Waals surface area contributed by atoms with Gasteiger partial charge in [-0.25, -0.2) is 9.98 Å². The van der Waals surface area contributed by atoms with Gasteiger partial charge < -0.3 is 9.64 Å². The first kappa shape index (κ1) is 25.3. The first-order valence-electron chi connectivity index (χ1n) is 13.3. The molecule has 0 N–H and O–H groups in total. The van der Waals surface area contributed by atoms with Gasteiger partial charge in [0.05, 0.1) is 22.7 Å². The molecule has 0 aliphatic carbocycles. The highest BCUT2D eigenvalue weighted by atomic mass is 16.5. The van der Waals surface area contributed by atoms with E-state index in [-0.39, 0.29) is 11.4 Å². The number of fused-ring (bicyclic) bond motifs is 1. The van der Waals surface area contributed by atoms with Crippen LogP contribution in [-0.4, -0.2) is 47.3 Å². The van der Waals surface area contributed by atoms with Crippen molar-refractivity contribution in [2.24, 2.45) is 10.9 Å². The molecule has 1 fully saturated rings. The molecule has 5 rings (SSSR count). The summed E-state index contributed by atoms with van der Waals surface area (Å²) in [6.07, 6.45) is 9.06. The molecule has 1 atom stereocenters. The highest BCUT2D eigenvalue weighted by Crippen LogP contribution is 2.32. The van der Waals surface area contributed by atoms with Gasteiger partial charge in [-0.15, -0.1) is 0 Å². The maximum Gasteiger partial charge on any atom is 0.207 e. The first-order valence-corrected chi connectivity index (χ1v) is 13.3. The van der Waals surface area contributed by atoms with Crippen molar-refractivity contribution in [2.45, 2.75) is 58.0 Å². The normalized spacial score (nSPS) is 18.1. The second-order valence-electron chi connectivity index (χ2n) is 10.7. The molecule has 0 bridgehead atoms. The molecule has 3 aromatic rings. The second kappa shape index (κ2) is 10.9. The number of ether oxygens (including phenoxy) is 1. The average molecular weight is 497 g/mol. The van der Waals surface area contributed by atoms with E-state index in [9.17, 15) is 4.79 Å². The minimum atomic E-state index is -0.173. The summed E-state index contributed by atoms with van der Waals surface area (Å²) < 4.78 is 5.79. The van der Waals surface area contributed by atoms with Gasteiger partial charge in [0.25, 0.3) is 0 Å². The number of ketones is 1. The lowest BCUT2D eigenvalue weighted by Gasteiger charge is -2.41. The van der Waals surface area contributed by atoms with Crippen molar-refractivity contribution < 1.29 is 9.53 Å². The molecule has 2 aliphatic heterocycles. The van der Waals surface area contributed by atoms with E-state index in [1.807, 2.05) is 42.5 Å². The van der Waals surface area contributed by atoms with Crippen LogP contribution in [0.1, 0.15) is 66.7 Å². The molecule has 1 saturated heterocycles. The summed E-state index contributed by atoms with van der Waals surface area (Å²) in [4.78, 5) is 29.8. The summed E-state index contributed by atoms with van der Waals surface area (Å²) in [5, 5.41) is 0. The summed E-state index contributed by atoms with van der Waals surface area (Å²) in [7, 11) is 1.79. The van der Waals surface area contributed by atoms with E-state index in [0.29, 0.717) is 30.0 Å². The highest BCUT2D eigenvalue weighted by molar-refractivity contribution is 6.46. The molecule has 1 unspecified atom stereocenters. The fraction of sp³-hybridized carbons (Fsp3) is 0.419. The highest BCUT2D eigenvalue weighted by Gasteiger charge is 2.34. The molecule has 2 aliphatic rings. The van der Waals surface area contributed by atoms with E-state index >= 15 is 0 Å². The van der Waals surface area contributed by atoms with Gasteiger partial charge in [-0.2, -0.15) is 0 Å². The molecule has 2 aromatic carbocycles. The van der Waals surface area contributed by atoms with Crippen LogP contribution >= 0.6 is 0 Å². The Hall–Kier alpha value is -3.38. The number of hydrogen-bond acceptors (Lipinski definition) is 6. The average Bonchev–Trinajstić information content (AvgIpc) is 3.16. The summed E-state index contributed by atoms with van der Waals surface area (Å²) in [5.41, 5.74) is 5.36. The molecular weight excluding hydrogens is 460 g/mol. The van der Waals surface area contributed by atoms with E-state index in [4.69, 9.17) is 19.7 Å². The van der Waals surface area contributed by atoms with Crippen molar-refractivity contribution in [2.75, 3.05) is 25.1 Å². The van der Waals surface area contributed by atoms with Gasteiger partial charge in [-0.05, 0) is 63.1 Å². The number of nitrogens with zero attached hydrogens (tertiary/aromatic N) is 4. The van der Waals surface area contributed by atoms with Crippen molar-refractivity contribution in [3.63, 3.8) is 0 Å². The predicted octanol–water partition coefficient (Wildman–Crippen LogP) is 6.00. The Morgan fingerprint density at radius 3 is 2.62 bits per heavy atom. The second-order valence-corrected chi connectivity index (χ2v) is 10.7. The summed E-state index contributed by atoms with van der Waals surface area (Å²) in [5.74, 6) is 1.40. The lowest BCUT2D eigenvalue weighted by atomic mass is 9.84. The first-order chi connectivity index (χ1) is 17.9. The quantitative estimate of drug-likeness (QED) is 0.375. The van der Waals surface area contributed by atoms with Gasteiger partial charge in [-0.1, -0.05) is 42.5 Å². The smallest absolute Gasteiger partial charge is 0.207 e. The molecule has 0 amide bonds. The fourth-order valence-electron chi connectivity index (χ4n) is 5.43. The SMILES string of the molecule is COC(C)(C)C1CCCN(c2nccnc2Cc2ccc(C(=O)C3=Nc4ccccc4CCC3)cc2)C1. The largest absolute Gasteiger partial charge is 0.378 e. The van der Waals surface area contributed by atoms with Gasteiger partial charge in [0.15, 0.2) is 5.82 Å². The number of aliphatic imine (C=N–C) groups is 1. The third-order valence-electron chi connectivity index (χ3n) is 7.94. The molecule has 6 heteroatoms. The maximum absolute atomic E-state index is 13.3. The summed E-state index contributed by atoms with van der Waals surface area (Å²) in [6, 6.07) is 16.0. The summed E-state index contributed by atoms with van der Waals surface area (Å²) in [6.45, 7) is 6.22. The van der Waals surface area contributed by atoms with Crippen molar-refractivity contribution in [1.29, 1.82) is 0 Å². The number of methoxy groups -OCH3 is 1. The number of carbonyl (C=O) groups excluding carboxylic acids is 1. The lowest BCUT2D eigenvalue weighted by Crippen LogP contribution is -2.46. The Kier molecular flexibility index (Phi) is 7.47. The number of rotatable bonds is 7. The molecule has 0 radical (unpaired) electrons. The number of carbonyl (C=O) groups is 1. The van der Waals surface area contributed by atoms with Crippen LogP contribution in [0.5, 0.6) is 0 Å². The van der Waals surface area contributed by atoms with Crippen LogP contribution in [0.2, 0.25) is 0 Å². The van der Waals surface area contributed by atoms with E-state index < -0.39 is 0 Å². The Morgan fingerprint density at radius 2 is 1.81 bits per heavy atom. The van der Waals surface area contributed by atoms with Crippen LogP contribution in [0.4, 0.5) is 11.5 Å². The number of para-hydroxylation sites is 1. The van der Waals surface area contributed by atoms with Crippen molar-refractivity contribution >= 4 is 23.0 Å². The van der Waals surface area contributed by atoms with Crippen LogP contribution in [0.3, 0.4) is 0 Å². The van der Waals surface area contributed by atoms with Crippen LogP contribution in [-0.2, 0) is 17.6 Å². The Morgan fingerprint density at radius 1 is 1.03 bits per heavy atom. The Balaban J connectivity index is 1.31. The fourth-order valence-corrected chi connectivity index (χ4v) is 5.43. The molecular formula is C31H36N4O2. The van der Waals surface area contributed by atoms with E-state index in [1.54, 1.807) is 19.5 Å². The number of Topliss-reactive ketones (excluding diaryl/α,β-unsaturated/α-hetero) is 1. The van der Waals surface area contributed by atoms with Crippen LogP contribution in [0, 0.1) is 5.92 Å².